The van der Waals surface area contributed by atoms with E-state index in [2.05, 4.69) is 4.98 Å². The molecule has 5 N–H and O–H groups in total. The normalized spacial score (nSPS) is 11.0. The number of aromatic nitrogens is 2. The molecule has 22 heavy (non-hydrogen) atoms. The smallest absolute Gasteiger partial charge is 0.267 e. The lowest BCUT2D eigenvalue weighted by atomic mass is 9.93. The summed E-state index contributed by atoms with van der Waals surface area (Å²) >= 11 is 0. The predicted molar refractivity (Wildman–Crippen MR) is 84.7 cm³/mol. The lowest BCUT2D eigenvalue weighted by molar-refractivity contribution is 0.0995. The number of phenols is 1. The lowest BCUT2D eigenvalue weighted by Gasteiger charge is -2.16. The maximum atomic E-state index is 11.8. The number of benzene rings is 1. The second-order valence-electron chi connectivity index (χ2n) is 5.27. The number of rotatable bonds is 2. The molecule has 0 saturated heterocycles. The molecule has 3 aromatic rings. The van der Waals surface area contributed by atoms with Crippen molar-refractivity contribution < 1.29 is 9.90 Å². The Morgan fingerprint density at radius 3 is 2.73 bits per heavy atom. The SMILES string of the molecule is Cc1ccc(O)c(C)c1-c1cc2cncn2c(C(N)=O)c1N. The highest BCUT2D eigenvalue weighted by Gasteiger charge is 2.19. The second kappa shape index (κ2) is 4.77. The van der Waals surface area contributed by atoms with Gasteiger partial charge in [-0.05, 0) is 42.7 Å². The number of phenolic OH excluding ortho intramolecular Hbond substituents is 1. The zero-order valence-corrected chi connectivity index (χ0v) is 12.3. The number of primary amides is 1. The summed E-state index contributed by atoms with van der Waals surface area (Å²) < 4.78 is 1.56. The molecule has 0 aliphatic heterocycles. The van der Waals surface area contributed by atoms with Gasteiger partial charge in [-0.15, -0.1) is 0 Å². The Morgan fingerprint density at radius 1 is 1.32 bits per heavy atom. The van der Waals surface area contributed by atoms with E-state index in [4.69, 9.17) is 11.5 Å². The van der Waals surface area contributed by atoms with Gasteiger partial charge in [-0.2, -0.15) is 0 Å². The van der Waals surface area contributed by atoms with Crippen LogP contribution in [0.5, 0.6) is 5.75 Å². The molecule has 0 saturated carbocycles. The fraction of sp³-hybridized carbons (Fsp3) is 0.125. The first-order valence-corrected chi connectivity index (χ1v) is 6.75. The van der Waals surface area contributed by atoms with Crippen LogP contribution in [0, 0.1) is 13.8 Å². The summed E-state index contributed by atoms with van der Waals surface area (Å²) in [5.74, 6) is -0.452. The summed E-state index contributed by atoms with van der Waals surface area (Å²) in [5.41, 5.74) is 15.9. The third-order valence-electron chi connectivity index (χ3n) is 3.89. The van der Waals surface area contributed by atoms with E-state index in [1.54, 1.807) is 16.7 Å². The van der Waals surface area contributed by atoms with Gasteiger partial charge in [-0.3, -0.25) is 9.20 Å². The molecule has 0 aliphatic rings. The molecule has 0 spiro atoms. The number of nitrogen functional groups attached to an aromatic ring is 1. The van der Waals surface area contributed by atoms with Crippen molar-refractivity contribution in [3.05, 3.63) is 47.5 Å². The Morgan fingerprint density at radius 2 is 2.05 bits per heavy atom. The molecule has 1 amide bonds. The molecule has 0 aliphatic carbocycles. The van der Waals surface area contributed by atoms with Crippen molar-refractivity contribution >= 4 is 17.1 Å². The Hall–Kier alpha value is -3.02. The van der Waals surface area contributed by atoms with E-state index in [-0.39, 0.29) is 17.1 Å². The van der Waals surface area contributed by atoms with E-state index < -0.39 is 5.91 Å². The molecule has 0 radical (unpaired) electrons. The topological polar surface area (TPSA) is 107 Å². The van der Waals surface area contributed by atoms with Crippen LogP contribution in [0.15, 0.2) is 30.7 Å². The number of aromatic hydroxyl groups is 1. The average Bonchev–Trinajstić information content (AvgIpc) is 2.91. The Bertz CT molecular complexity index is 912. The highest BCUT2D eigenvalue weighted by atomic mass is 16.3. The molecule has 6 heteroatoms. The average molecular weight is 296 g/mol. The van der Waals surface area contributed by atoms with Gasteiger partial charge >= 0.3 is 0 Å². The van der Waals surface area contributed by atoms with Gasteiger partial charge < -0.3 is 16.6 Å². The molecule has 112 valence electrons. The number of pyridine rings is 1. The number of hydrogen-bond donors (Lipinski definition) is 3. The molecule has 3 rings (SSSR count). The van der Waals surface area contributed by atoms with Gasteiger partial charge in [0.25, 0.3) is 5.91 Å². The third kappa shape index (κ3) is 1.88. The van der Waals surface area contributed by atoms with Crippen molar-refractivity contribution in [3.8, 4) is 16.9 Å². The van der Waals surface area contributed by atoms with Gasteiger partial charge in [-0.1, -0.05) is 6.07 Å². The fourth-order valence-electron chi connectivity index (χ4n) is 2.79. The number of fused-ring (bicyclic) bond motifs is 1. The van der Waals surface area contributed by atoms with Crippen LogP contribution >= 0.6 is 0 Å². The number of aryl methyl sites for hydroxylation is 1. The molecular formula is C16H16N4O2. The number of nitrogens with two attached hydrogens (primary N) is 2. The minimum Gasteiger partial charge on any atom is -0.508 e. The van der Waals surface area contributed by atoms with Gasteiger partial charge in [0.2, 0.25) is 0 Å². The number of imidazole rings is 1. The molecule has 2 heterocycles. The van der Waals surface area contributed by atoms with Crippen molar-refractivity contribution in [2.24, 2.45) is 5.73 Å². The van der Waals surface area contributed by atoms with Crippen molar-refractivity contribution in [2.75, 3.05) is 5.73 Å². The van der Waals surface area contributed by atoms with Gasteiger partial charge in [0.05, 0.1) is 23.7 Å². The van der Waals surface area contributed by atoms with Crippen molar-refractivity contribution in [3.63, 3.8) is 0 Å². The summed E-state index contributed by atoms with van der Waals surface area (Å²) in [5, 5.41) is 9.98. The Labute approximate surface area is 127 Å². The van der Waals surface area contributed by atoms with Crippen LogP contribution < -0.4 is 11.5 Å². The number of carbonyl (C=O) groups is 1. The quantitative estimate of drug-likeness (QED) is 0.672. The van der Waals surface area contributed by atoms with E-state index in [0.717, 1.165) is 11.1 Å². The molecule has 2 aromatic heterocycles. The second-order valence-corrected chi connectivity index (χ2v) is 5.27. The lowest BCUT2D eigenvalue weighted by Crippen LogP contribution is -2.18. The maximum Gasteiger partial charge on any atom is 0.267 e. The van der Waals surface area contributed by atoms with Crippen LogP contribution in [-0.2, 0) is 0 Å². The predicted octanol–water partition coefficient (Wildman–Crippen LogP) is 2.00. The monoisotopic (exact) mass is 296 g/mol. The summed E-state index contributed by atoms with van der Waals surface area (Å²) in [6, 6.07) is 5.28. The molecule has 6 nitrogen and oxygen atoms in total. The first-order chi connectivity index (χ1) is 10.4. The van der Waals surface area contributed by atoms with Crippen LogP contribution in [0.2, 0.25) is 0 Å². The number of anilines is 1. The highest BCUT2D eigenvalue weighted by molar-refractivity contribution is 6.02. The molecule has 1 aromatic carbocycles. The van der Waals surface area contributed by atoms with E-state index in [1.165, 1.54) is 6.33 Å². The Balaban J connectivity index is 2.45. The van der Waals surface area contributed by atoms with Crippen molar-refractivity contribution in [1.29, 1.82) is 0 Å². The first-order valence-electron chi connectivity index (χ1n) is 6.75. The van der Waals surface area contributed by atoms with Crippen LogP contribution in [0.4, 0.5) is 5.69 Å². The molecule has 0 bridgehead atoms. The largest absolute Gasteiger partial charge is 0.508 e. The molecule has 0 atom stereocenters. The van der Waals surface area contributed by atoms with E-state index in [0.29, 0.717) is 16.6 Å². The highest BCUT2D eigenvalue weighted by Crippen LogP contribution is 2.37. The number of nitrogens with zero attached hydrogens (tertiary/aromatic N) is 2. The summed E-state index contributed by atoms with van der Waals surface area (Å²) in [7, 11) is 0. The van der Waals surface area contributed by atoms with Crippen molar-refractivity contribution in [2.45, 2.75) is 13.8 Å². The number of hydrogen-bond acceptors (Lipinski definition) is 4. The minimum atomic E-state index is -0.627. The van der Waals surface area contributed by atoms with Crippen LogP contribution in [0.1, 0.15) is 21.6 Å². The van der Waals surface area contributed by atoms with Crippen LogP contribution in [-0.4, -0.2) is 20.4 Å². The van der Waals surface area contributed by atoms with Crippen LogP contribution in [0.3, 0.4) is 0 Å². The first kappa shape index (κ1) is 13.9. The Kier molecular flexibility index (Phi) is 3.02. The molecular weight excluding hydrogens is 280 g/mol. The maximum absolute atomic E-state index is 11.8. The summed E-state index contributed by atoms with van der Waals surface area (Å²) in [6.07, 6.45) is 3.13. The minimum absolute atomic E-state index is 0.175. The standard InChI is InChI=1S/C16H16N4O2/c1-8-3-4-12(21)9(2)13(8)11-5-10-6-19-7-20(10)15(14(11)17)16(18)22/h3-7,21H,17H2,1-2H3,(H2,18,22). The van der Waals surface area contributed by atoms with Crippen LogP contribution in [0.25, 0.3) is 16.6 Å². The third-order valence-corrected chi connectivity index (χ3v) is 3.89. The summed E-state index contributed by atoms with van der Waals surface area (Å²) in [6.45, 7) is 3.73. The zero-order valence-electron chi connectivity index (χ0n) is 12.3. The molecule has 0 unspecified atom stereocenters. The van der Waals surface area contributed by atoms with E-state index in [1.807, 2.05) is 26.0 Å². The fourth-order valence-corrected chi connectivity index (χ4v) is 2.79. The van der Waals surface area contributed by atoms with Gasteiger partial charge in [0, 0.05) is 5.56 Å². The zero-order chi connectivity index (χ0) is 16.0. The van der Waals surface area contributed by atoms with E-state index in [9.17, 15) is 9.90 Å². The number of amides is 1. The van der Waals surface area contributed by atoms with Gasteiger partial charge in [0.1, 0.15) is 11.4 Å². The van der Waals surface area contributed by atoms with Gasteiger partial charge in [-0.25, -0.2) is 4.98 Å². The number of carbonyl (C=O) groups excluding carboxylic acids is 1. The van der Waals surface area contributed by atoms with E-state index >= 15 is 0 Å². The van der Waals surface area contributed by atoms with Gasteiger partial charge in [0.15, 0.2) is 0 Å². The summed E-state index contributed by atoms with van der Waals surface area (Å²) in [4.78, 5) is 15.8. The van der Waals surface area contributed by atoms with Crippen molar-refractivity contribution in [1.82, 2.24) is 9.38 Å². The molecule has 0 fully saturated rings.